The van der Waals surface area contributed by atoms with Gasteiger partial charge in [0.2, 0.25) is 5.43 Å². The summed E-state index contributed by atoms with van der Waals surface area (Å²) < 4.78 is 18.2. The van der Waals surface area contributed by atoms with Crippen LogP contribution in [0, 0.1) is 0 Å². The fourth-order valence-corrected chi connectivity index (χ4v) is 3.56. The Morgan fingerprint density at radius 1 is 1.19 bits per heavy atom. The minimum atomic E-state index is -0.574. The molecule has 1 aromatic carbocycles. The molecule has 2 aliphatic rings. The Kier molecular flexibility index (Phi) is 4.65. The molecule has 1 saturated heterocycles. The molecule has 1 fully saturated rings. The van der Waals surface area contributed by atoms with Gasteiger partial charge in [0.25, 0.3) is 0 Å². The molecular weight excluding hydrogens is 336 g/mol. The van der Waals surface area contributed by atoms with Gasteiger partial charge >= 0.3 is 5.97 Å². The van der Waals surface area contributed by atoms with Crippen LogP contribution in [-0.2, 0) is 22.6 Å². The van der Waals surface area contributed by atoms with Gasteiger partial charge in [-0.05, 0) is 24.6 Å². The molecule has 0 N–H and O–H groups in total. The van der Waals surface area contributed by atoms with Crippen LogP contribution in [0.4, 0.5) is 0 Å². The summed E-state index contributed by atoms with van der Waals surface area (Å²) in [6, 6.07) is 3.88. The molecule has 2 aromatic rings. The quantitative estimate of drug-likeness (QED) is 0.770. The van der Waals surface area contributed by atoms with Gasteiger partial charge in [-0.1, -0.05) is 0 Å². The minimum absolute atomic E-state index is 0.0794. The minimum Gasteiger partial charge on any atom is -0.490 e. The molecule has 0 spiro atoms. The van der Waals surface area contributed by atoms with E-state index in [9.17, 15) is 9.59 Å². The molecule has 4 rings (SSSR count). The molecule has 0 aliphatic carbocycles. The van der Waals surface area contributed by atoms with Crippen molar-refractivity contribution < 1.29 is 19.0 Å². The van der Waals surface area contributed by atoms with Crippen LogP contribution in [0.25, 0.3) is 10.9 Å². The largest absolute Gasteiger partial charge is 0.490 e. The third kappa shape index (κ3) is 3.08. The number of morpholine rings is 1. The highest BCUT2D eigenvalue weighted by Gasteiger charge is 2.22. The fraction of sp³-hybridized carbons (Fsp3) is 0.474. The number of benzene rings is 1. The van der Waals surface area contributed by atoms with Crippen molar-refractivity contribution >= 4 is 16.9 Å². The maximum Gasteiger partial charge on any atom is 0.343 e. The van der Waals surface area contributed by atoms with E-state index >= 15 is 0 Å². The van der Waals surface area contributed by atoms with E-state index in [1.165, 1.54) is 0 Å². The molecule has 0 radical (unpaired) electrons. The number of carbonyl (C=O) groups is 1. The van der Waals surface area contributed by atoms with Crippen molar-refractivity contribution in [2.75, 3.05) is 39.5 Å². The van der Waals surface area contributed by atoms with Crippen LogP contribution in [0.3, 0.4) is 0 Å². The van der Waals surface area contributed by atoms with E-state index in [0.29, 0.717) is 24.3 Å². The van der Waals surface area contributed by atoms with Gasteiger partial charge < -0.3 is 18.8 Å². The van der Waals surface area contributed by atoms with Crippen LogP contribution in [0.2, 0.25) is 0 Å². The predicted molar refractivity (Wildman–Crippen MR) is 95.8 cm³/mol. The van der Waals surface area contributed by atoms with E-state index in [1.807, 2.05) is 16.7 Å². The fourth-order valence-electron chi connectivity index (χ4n) is 3.56. The Morgan fingerprint density at radius 2 is 2.00 bits per heavy atom. The Bertz CT molecular complexity index is 899. The molecule has 3 heterocycles. The van der Waals surface area contributed by atoms with Gasteiger partial charge in [0, 0.05) is 25.8 Å². The first-order valence-corrected chi connectivity index (χ1v) is 8.97. The highest BCUT2D eigenvalue weighted by molar-refractivity contribution is 5.95. The molecule has 7 heteroatoms. The van der Waals surface area contributed by atoms with E-state index in [0.717, 1.165) is 43.9 Å². The van der Waals surface area contributed by atoms with Crippen molar-refractivity contribution in [2.45, 2.75) is 20.0 Å². The Labute approximate surface area is 151 Å². The summed E-state index contributed by atoms with van der Waals surface area (Å²) in [6.45, 7) is 6.96. The van der Waals surface area contributed by atoms with E-state index in [1.54, 1.807) is 13.1 Å². The molecule has 26 heavy (non-hydrogen) atoms. The molecule has 138 valence electrons. The van der Waals surface area contributed by atoms with Crippen LogP contribution < -0.4 is 10.2 Å². The van der Waals surface area contributed by atoms with Crippen molar-refractivity contribution in [3.8, 4) is 5.75 Å². The van der Waals surface area contributed by atoms with Crippen molar-refractivity contribution in [1.29, 1.82) is 0 Å². The molecule has 0 amide bonds. The van der Waals surface area contributed by atoms with Crippen LogP contribution in [0.5, 0.6) is 5.75 Å². The van der Waals surface area contributed by atoms with Gasteiger partial charge in [0.15, 0.2) is 0 Å². The average molecular weight is 358 g/mol. The number of nitrogens with zero attached hydrogens (tertiary/aromatic N) is 2. The van der Waals surface area contributed by atoms with Crippen LogP contribution in [0.15, 0.2) is 23.1 Å². The number of hydrogen-bond donors (Lipinski definition) is 0. The molecule has 0 unspecified atom stereocenters. The monoisotopic (exact) mass is 358 g/mol. The summed E-state index contributed by atoms with van der Waals surface area (Å²) in [4.78, 5) is 27.4. The maximum absolute atomic E-state index is 12.9. The van der Waals surface area contributed by atoms with E-state index in [2.05, 4.69) is 4.90 Å². The van der Waals surface area contributed by atoms with Crippen molar-refractivity contribution in [3.05, 3.63) is 39.7 Å². The lowest BCUT2D eigenvalue weighted by Crippen LogP contribution is -2.35. The first kappa shape index (κ1) is 17.1. The second-order valence-electron chi connectivity index (χ2n) is 6.51. The zero-order chi connectivity index (χ0) is 18.1. The molecule has 0 saturated carbocycles. The third-order valence-corrected chi connectivity index (χ3v) is 4.79. The van der Waals surface area contributed by atoms with Crippen molar-refractivity contribution in [1.82, 2.24) is 9.47 Å². The first-order chi connectivity index (χ1) is 12.7. The van der Waals surface area contributed by atoms with Gasteiger partial charge in [-0.25, -0.2) is 4.79 Å². The highest BCUT2D eigenvalue weighted by Crippen LogP contribution is 2.30. The normalized spacial score (nSPS) is 17.1. The maximum atomic E-state index is 12.9. The van der Waals surface area contributed by atoms with Crippen molar-refractivity contribution in [3.63, 3.8) is 0 Å². The van der Waals surface area contributed by atoms with Gasteiger partial charge in [-0.2, -0.15) is 0 Å². The van der Waals surface area contributed by atoms with Gasteiger partial charge in [0.1, 0.15) is 17.9 Å². The van der Waals surface area contributed by atoms with Gasteiger partial charge in [-0.15, -0.1) is 0 Å². The highest BCUT2D eigenvalue weighted by atomic mass is 16.5. The number of pyridine rings is 1. The Balaban J connectivity index is 1.81. The zero-order valence-corrected chi connectivity index (χ0v) is 14.8. The molecule has 2 aliphatic heterocycles. The molecule has 0 bridgehead atoms. The molecule has 1 aromatic heterocycles. The number of rotatable bonds is 4. The second-order valence-corrected chi connectivity index (χ2v) is 6.51. The zero-order valence-electron chi connectivity index (χ0n) is 14.8. The summed E-state index contributed by atoms with van der Waals surface area (Å²) >= 11 is 0. The SMILES string of the molecule is CCOC(=O)c1cn2c3c(cc(CN4CCOCC4)cc3c1=O)OCC2. The number of aromatic nitrogens is 1. The molecule has 0 atom stereocenters. The molecule has 7 nitrogen and oxygen atoms in total. The van der Waals surface area contributed by atoms with E-state index < -0.39 is 5.97 Å². The number of ether oxygens (including phenoxy) is 3. The second kappa shape index (κ2) is 7.09. The Morgan fingerprint density at radius 3 is 2.77 bits per heavy atom. The number of esters is 1. The third-order valence-electron chi connectivity index (χ3n) is 4.79. The lowest BCUT2D eigenvalue weighted by molar-refractivity contribution is 0.0341. The van der Waals surface area contributed by atoms with E-state index in [-0.39, 0.29) is 17.6 Å². The summed E-state index contributed by atoms with van der Waals surface area (Å²) in [6.07, 6.45) is 1.59. The van der Waals surface area contributed by atoms with Crippen molar-refractivity contribution in [2.24, 2.45) is 0 Å². The number of hydrogen-bond acceptors (Lipinski definition) is 6. The Hall–Kier alpha value is -2.38. The van der Waals surface area contributed by atoms with E-state index in [4.69, 9.17) is 14.2 Å². The van der Waals surface area contributed by atoms with Gasteiger partial charge in [-0.3, -0.25) is 9.69 Å². The lowest BCUT2D eigenvalue weighted by Gasteiger charge is -2.27. The van der Waals surface area contributed by atoms with Crippen LogP contribution in [0.1, 0.15) is 22.8 Å². The first-order valence-electron chi connectivity index (χ1n) is 8.97. The summed E-state index contributed by atoms with van der Waals surface area (Å²) in [5.41, 5.74) is 1.53. The summed E-state index contributed by atoms with van der Waals surface area (Å²) in [7, 11) is 0. The van der Waals surface area contributed by atoms with Crippen LogP contribution >= 0.6 is 0 Å². The topological polar surface area (TPSA) is 70.0 Å². The standard InChI is InChI=1S/C19H22N2O5/c1-2-25-19(23)15-12-21-5-8-26-16-10-13(9-14(17(16)21)18(15)22)11-20-3-6-24-7-4-20/h9-10,12H,2-8,11H2,1H3. The van der Waals surface area contributed by atoms with Crippen LogP contribution in [-0.4, -0.2) is 55.0 Å². The number of carbonyl (C=O) groups excluding carboxylic acids is 1. The lowest BCUT2D eigenvalue weighted by atomic mass is 10.1. The molecular formula is C19H22N2O5. The summed E-state index contributed by atoms with van der Waals surface area (Å²) in [5, 5.41) is 0.510. The summed E-state index contributed by atoms with van der Waals surface area (Å²) in [5.74, 6) is 0.124. The predicted octanol–water partition coefficient (Wildman–Crippen LogP) is 1.40. The van der Waals surface area contributed by atoms with Gasteiger partial charge in [0.05, 0.1) is 37.3 Å². The smallest absolute Gasteiger partial charge is 0.343 e. The average Bonchev–Trinajstić information content (AvgIpc) is 2.65.